The predicted molar refractivity (Wildman–Crippen MR) is 105 cm³/mol. The molecule has 0 unspecified atom stereocenters. The average Bonchev–Trinajstić information content (AvgIpc) is 2.64. The monoisotopic (exact) mass is 418 g/mol. The molecule has 0 aromatic heterocycles. The summed E-state index contributed by atoms with van der Waals surface area (Å²) in [4.78, 5) is 35.0. The number of ether oxygens (including phenoxy) is 1. The van der Waals surface area contributed by atoms with Crippen LogP contribution in [0.4, 0.5) is 5.69 Å². The van der Waals surface area contributed by atoms with Gasteiger partial charge in [0.1, 0.15) is 17.5 Å². The van der Waals surface area contributed by atoms with Gasteiger partial charge in [0.25, 0.3) is 11.6 Å². The van der Waals surface area contributed by atoms with Crippen molar-refractivity contribution in [3.8, 4) is 5.75 Å². The summed E-state index contributed by atoms with van der Waals surface area (Å²) in [6, 6.07) is 7.37. The number of benzene rings is 2. The number of carbonyl (C=O) groups is 2. The van der Waals surface area contributed by atoms with Crippen LogP contribution in [0, 0.1) is 10.1 Å². The first kappa shape index (κ1) is 20.8. The van der Waals surface area contributed by atoms with Crippen LogP contribution in [0.5, 0.6) is 5.75 Å². The number of hydrogen-bond acceptors (Lipinski definition) is 6. The van der Waals surface area contributed by atoms with E-state index in [1.165, 1.54) is 19.1 Å². The number of nitro benzene ring substituents is 1. The maximum Gasteiger partial charge on any atom is 0.270 e. The number of nitrogens with one attached hydrogen (secondary N) is 1. The van der Waals surface area contributed by atoms with Crippen molar-refractivity contribution in [2.75, 3.05) is 0 Å². The van der Waals surface area contributed by atoms with E-state index in [2.05, 4.69) is 5.32 Å². The van der Waals surface area contributed by atoms with Crippen LogP contribution in [0.15, 0.2) is 36.4 Å². The Kier molecular flexibility index (Phi) is 5.34. The second kappa shape index (κ2) is 7.46. The molecule has 0 spiro atoms. The predicted octanol–water partition coefficient (Wildman–Crippen LogP) is 3.45. The van der Waals surface area contributed by atoms with E-state index in [-0.39, 0.29) is 22.1 Å². The molecule has 2 aromatic rings. The number of carbonyl (C=O) groups excluding carboxylic acids is 2. The highest BCUT2D eigenvalue weighted by molar-refractivity contribution is 6.34. The molecule has 0 bridgehead atoms. The van der Waals surface area contributed by atoms with Crippen LogP contribution in [0.1, 0.15) is 53.1 Å². The maximum absolute atomic E-state index is 12.9. The van der Waals surface area contributed by atoms with Crippen molar-refractivity contribution >= 4 is 29.0 Å². The van der Waals surface area contributed by atoms with Crippen LogP contribution in [0.25, 0.3) is 0 Å². The average molecular weight is 419 g/mol. The second-order valence-corrected chi connectivity index (χ2v) is 7.74. The van der Waals surface area contributed by atoms with E-state index in [4.69, 9.17) is 16.3 Å². The summed E-state index contributed by atoms with van der Waals surface area (Å²) in [6.07, 6.45) is -1.15. The van der Waals surface area contributed by atoms with Crippen molar-refractivity contribution in [2.45, 2.75) is 38.5 Å². The Morgan fingerprint density at radius 1 is 1.24 bits per heavy atom. The number of nitrogens with zero attached hydrogens (tertiary/aromatic N) is 1. The number of aliphatic hydroxyl groups excluding tert-OH is 1. The maximum atomic E-state index is 12.9. The lowest BCUT2D eigenvalue weighted by Gasteiger charge is -2.42. The minimum atomic E-state index is -1.15. The Morgan fingerprint density at radius 3 is 2.55 bits per heavy atom. The summed E-state index contributed by atoms with van der Waals surface area (Å²) in [5, 5.41) is 24.6. The fourth-order valence-electron chi connectivity index (χ4n) is 3.20. The molecule has 1 aliphatic rings. The smallest absolute Gasteiger partial charge is 0.270 e. The molecule has 9 heteroatoms. The molecule has 2 atom stereocenters. The highest BCUT2D eigenvalue weighted by atomic mass is 35.5. The fraction of sp³-hybridized carbons (Fsp3) is 0.300. The third-order valence-electron chi connectivity index (χ3n) is 4.84. The molecular weight excluding hydrogens is 400 g/mol. The van der Waals surface area contributed by atoms with Crippen molar-refractivity contribution < 1.29 is 24.4 Å². The number of rotatable bonds is 4. The van der Waals surface area contributed by atoms with Crippen LogP contribution in [0.3, 0.4) is 0 Å². The molecule has 3 rings (SSSR count). The zero-order chi connectivity index (χ0) is 21.5. The number of halogens is 1. The molecule has 2 N–H and O–H groups in total. The summed E-state index contributed by atoms with van der Waals surface area (Å²) < 4.78 is 5.83. The van der Waals surface area contributed by atoms with E-state index >= 15 is 0 Å². The van der Waals surface area contributed by atoms with E-state index in [0.29, 0.717) is 16.9 Å². The summed E-state index contributed by atoms with van der Waals surface area (Å²) in [5.74, 6) is -0.459. The van der Waals surface area contributed by atoms with E-state index in [9.17, 15) is 24.8 Å². The molecular formula is C20H19ClN2O6. The van der Waals surface area contributed by atoms with Crippen LogP contribution < -0.4 is 10.1 Å². The SMILES string of the molecule is CC(=O)c1ccc2c(c1)[C@@H](NC(=O)c1cc([N+](=O)[O-])ccc1Cl)[C@H](O)C(C)(C)O2. The van der Waals surface area contributed by atoms with Gasteiger partial charge >= 0.3 is 0 Å². The normalized spacial score (nSPS) is 19.6. The van der Waals surface area contributed by atoms with Crippen LogP contribution in [0.2, 0.25) is 5.02 Å². The van der Waals surface area contributed by atoms with Gasteiger partial charge in [-0.25, -0.2) is 0 Å². The van der Waals surface area contributed by atoms with Crippen LogP contribution in [-0.4, -0.2) is 33.4 Å². The van der Waals surface area contributed by atoms with Gasteiger partial charge in [-0.3, -0.25) is 19.7 Å². The van der Waals surface area contributed by atoms with E-state index in [1.54, 1.807) is 32.0 Å². The van der Waals surface area contributed by atoms with Gasteiger partial charge in [-0.2, -0.15) is 0 Å². The lowest BCUT2D eigenvalue weighted by Crippen LogP contribution is -2.53. The van der Waals surface area contributed by atoms with E-state index in [1.807, 2.05) is 0 Å². The van der Waals surface area contributed by atoms with Crippen molar-refractivity contribution in [1.29, 1.82) is 0 Å². The van der Waals surface area contributed by atoms with Gasteiger partial charge in [-0.15, -0.1) is 0 Å². The molecule has 0 saturated heterocycles. The Morgan fingerprint density at radius 2 is 1.93 bits per heavy atom. The molecule has 0 saturated carbocycles. The Hall–Kier alpha value is -2.97. The standard InChI is InChI=1S/C20H19ClN2O6/c1-10(24)11-4-7-16-14(8-11)17(18(25)20(2,3)29-16)22-19(26)13-9-12(23(27)28)5-6-15(13)21/h4-9,17-18,25H,1-3H3,(H,22,26)/t17-,18+/m1/s1. The molecule has 2 aromatic carbocycles. The van der Waals surface area contributed by atoms with Gasteiger partial charge in [0.05, 0.1) is 21.6 Å². The number of amides is 1. The number of fused-ring (bicyclic) bond motifs is 1. The molecule has 29 heavy (non-hydrogen) atoms. The Labute approximate surface area is 171 Å². The first-order chi connectivity index (χ1) is 13.5. The number of Topliss-reactive ketones (excluding diaryl/α,β-unsaturated/α-hetero) is 1. The minimum Gasteiger partial charge on any atom is -0.485 e. The number of aliphatic hydroxyl groups is 1. The van der Waals surface area contributed by atoms with E-state index in [0.717, 1.165) is 6.07 Å². The highest BCUT2D eigenvalue weighted by Gasteiger charge is 2.44. The molecule has 152 valence electrons. The molecule has 1 aliphatic heterocycles. The van der Waals surface area contributed by atoms with Gasteiger partial charge in [-0.1, -0.05) is 11.6 Å². The third-order valence-corrected chi connectivity index (χ3v) is 5.17. The number of nitro groups is 1. The van der Waals surface area contributed by atoms with Gasteiger partial charge in [0.15, 0.2) is 5.78 Å². The van der Waals surface area contributed by atoms with Gasteiger partial charge < -0.3 is 15.2 Å². The molecule has 8 nitrogen and oxygen atoms in total. The molecule has 1 heterocycles. The number of ketones is 1. The molecule has 0 fully saturated rings. The summed E-state index contributed by atoms with van der Waals surface area (Å²) in [5.41, 5.74) is -0.588. The van der Waals surface area contributed by atoms with Crippen molar-refractivity contribution in [1.82, 2.24) is 5.32 Å². The zero-order valence-electron chi connectivity index (χ0n) is 15.9. The second-order valence-electron chi connectivity index (χ2n) is 7.33. The number of non-ortho nitro benzene ring substituents is 1. The molecule has 0 aliphatic carbocycles. The topological polar surface area (TPSA) is 119 Å². The third kappa shape index (κ3) is 3.94. The highest BCUT2D eigenvalue weighted by Crippen LogP contribution is 2.40. The van der Waals surface area contributed by atoms with Gasteiger partial charge in [0, 0.05) is 23.3 Å². The summed E-state index contributed by atoms with van der Waals surface area (Å²) in [7, 11) is 0. The van der Waals surface area contributed by atoms with Gasteiger partial charge in [0.2, 0.25) is 0 Å². The lowest BCUT2D eigenvalue weighted by atomic mass is 9.85. The Balaban J connectivity index is 2.03. The quantitative estimate of drug-likeness (QED) is 0.446. The molecule has 1 amide bonds. The zero-order valence-corrected chi connectivity index (χ0v) is 16.7. The number of hydrogen-bond donors (Lipinski definition) is 2. The summed E-state index contributed by atoms with van der Waals surface area (Å²) >= 11 is 6.06. The van der Waals surface area contributed by atoms with Crippen molar-refractivity contribution in [3.05, 3.63) is 68.2 Å². The minimum absolute atomic E-state index is 0.0339. The van der Waals surface area contributed by atoms with Crippen molar-refractivity contribution in [3.63, 3.8) is 0 Å². The Bertz CT molecular complexity index is 1020. The first-order valence-corrected chi connectivity index (χ1v) is 9.16. The molecule has 0 radical (unpaired) electrons. The summed E-state index contributed by atoms with van der Waals surface area (Å²) in [6.45, 7) is 4.74. The first-order valence-electron chi connectivity index (χ1n) is 8.78. The lowest BCUT2D eigenvalue weighted by molar-refractivity contribution is -0.384. The van der Waals surface area contributed by atoms with Crippen LogP contribution in [-0.2, 0) is 0 Å². The van der Waals surface area contributed by atoms with Crippen LogP contribution >= 0.6 is 11.6 Å². The van der Waals surface area contributed by atoms with Gasteiger partial charge in [-0.05, 0) is 45.0 Å². The largest absolute Gasteiger partial charge is 0.485 e. The van der Waals surface area contributed by atoms with E-state index < -0.39 is 28.6 Å². The van der Waals surface area contributed by atoms with Crippen molar-refractivity contribution in [2.24, 2.45) is 0 Å². The fourth-order valence-corrected chi connectivity index (χ4v) is 3.40.